The Bertz CT molecular complexity index is 733. The number of aryl methyl sites for hydroxylation is 2. The summed E-state index contributed by atoms with van der Waals surface area (Å²) in [5.41, 5.74) is 2.09. The number of nitro benzene ring substituents is 1. The van der Waals surface area contributed by atoms with Crippen LogP contribution in [-0.4, -0.2) is 33.9 Å². The molecule has 6 heteroatoms. The Kier molecular flexibility index (Phi) is 2.74. The van der Waals surface area contributed by atoms with Crippen LogP contribution in [0, 0.1) is 10.1 Å². The average molecular weight is 273 g/mol. The first-order valence-corrected chi connectivity index (χ1v) is 6.52. The van der Waals surface area contributed by atoms with Crippen molar-refractivity contribution in [2.45, 2.75) is 12.8 Å². The maximum Gasteiger partial charge on any atom is 0.293 e. The average Bonchev–Trinajstić information content (AvgIpc) is 2.61. The number of carbonyl (C=O) groups excluding carboxylic acids is 1. The molecule has 0 unspecified atom stereocenters. The van der Waals surface area contributed by atoms with E-state index >= 15 is 0 Å². The maximum atomic E-state index is 12.4. The Hall–Kier alpha value is -2.37. The SMILES string of the molecule is CN1CCCc2c(n(C)c3c([N+](=O)[O-])cccc23)C1=O. The van der Waals surface area contributed by atoms with Gasteiger partial charge in [-0.25, -0.2) is 0 Å². The molecule has 1 aliphatic heterocycles. The Balaban J connectivity index is 2.40. The van der Waals surface area contributed by atoms with Crippen molar-refractivity contribution >= 4 is 22.5 Å². The minimum Gasteiger partial charge on any atom is -0.340 e. The molecule has 2 heterocycles. The number of rotatable bonds is 1. The summed E-state index contributed by atoms with van der Waals surface area (Å²) in [5.74, 6) is -0.0644. The van der Waals surface area contributed by atoms with Crippen molar-refractivity contribution in [2.75, 3.05) is 13.6 Å². The molecule has 1 aromatic carbocycles. The highest BCUT2D eigenvalue weighted by Crippen LogP contribution is 2.34. The highest BCUT2D eigenvalue weighted by Gasteiger charge is 2.29. The van der Waals surface area contributed by atoms with Gasteiger partial charge in [0.1, 0.15) is 11.2 Å². The molecule has 0 saturated carbocycles. The largest absolute Gasteiger partial charge is 0.340 e. The quantitative estimate of drug-likeness (QED) is 0.590. The van der Waals surface area contributed by atoms with Gasteiger partial charge >= 0.3 is 0 Å². The molecule has 2 aromatic rings. The molecule has 0 N–H and O–H groups in total. The van der Waals surface area contributed by atoms with E-state index in [0.717, 1.165) is 23.8 Å². The van der Waals surface area contributed by atoms with Crippen molar-refractivity contribution in [2.24, 2.45) is 7.05 Å². The van der Waals surface area contributed by atoms with E-state index in [2.05, 4.69) is 0 Å². The number of benzene rings is 1. The van der Waals surface area contributed by atoms with E-state index in [9.17, 15) is 14.9 Å². The fraction of sp³-hybridized carbons (Fsp3) is 0.357. The van der Waals surface area contributed by atoms with Crippen molar-refractivity contribution < 1.29 is 9.72 Å². The molecule has 0 spiro atoms. The fourth-order valence-electron chi connectivity index (χ4n) is 3.02. The predicted octanol–water partition coefficient (Wildman–Crippen LogP) is 2.10. The van der Waals surface area contributed by atoms with Gasteiger partial charge in [-0.3, -0.25) is 14.9 Å². The van der Waals surface area contributed by atoms with Gasteiger partial charge in [-0.1, -0.05) is 12.1 Å². The lowest BCUT2D eigenvalue weighted by Crippen LogP contribution is -2.27. The first-order valence-electron chi connectivity index (χ1n) is 6.52. The van der Waals surface area contributed by atoms with Gasteiger partial charge in [0.2, 0.25) is 0 Å². The third-order valence-corrected chi connectivity index (χ3v) is 3.96. The van der Waals surface area contributed by atoms with Crippen LogP contribution >= 0.6 is 0 Å². The molecular formula is C14H15N3O3. The van der Waals surface area contributed by atoms with Crippen molar-refractivity contribution in [1.82, 2.24) is 9.47 Å². The molecule has 1 amide bonds. The van der Waals surface area contributed by atoms with Crippen LogP contribution in [0.3, 0.4) is 0 Å². The first kappa shape index (κ1) is 12.7. The highest BCUT2D eigenvalue weighted by atomic mass is 16.6. The zero-order valence-corrected chi connectivity index (χ0v) is 11.4. The van der Waals surface area contributed by atoms with E-state index in [1.807, 2.05) is 6.07 Å². The Morgan fingerprint density at radius 1 is 1.30 bits per heavy atom. The van der Waals surface area contributed by atoms with Crippen LogP contribution in [0.5, 0.6) is 0 Å². The summed E-state index contributed by atoms with van der Waals surface area (Å²) in [4.78, 5) is 24.9. The van der Waals surface area contributed by atoms with E-state index in [0.29, 0.717) is 17.8 Å². The summed E-state index contributed by atoms with van der Waals surface area (Å²) in [5, 5.41) is 12.0. The second-order valence-electron chi connectivity index (χ2n) is 5.15. The topological polar surface area (TPSA) is 68.4 Å². The molecule has 1 aromatic heterocycles. The summed E-state index contributed by atoms with van der Waals surface area (Å²) in [6.07, 6.45) is 1.64. The minimum absolute atomic E-state index is 0.0496. The molecule has 0 bridgehead atoms. The molecule has 104 valence electrons. The molecule has 0 fully saturated rings. The van der Waals surface area contributed by atoms with Crippen LogP contribution < -0.4 is 0 Å². The van der Waals surface area contributed by atoms with Crippen molar-refractivity contribution in [3.63, 3.8) is 0 Å². The van der Waals surface area contributed by atoms with E-state index in [-0.39, 0.29) is 11.6 Å². The number of hydrogen-bond donors (Lipinski definition) is 0. The van der Waals surface area contributed by atoms with Gasteiger partial charge in [0.05, 0.1) is 4.92 Å². The number of aromatic nitrogens is 1. The second-order valence-corrected chi connectivity index (χ2v) is 5.15. The van der Waals surface area contributed by atoms with Gasteiger partial charge in [-0.05, 0) is 18.4 Å². The molecule has 1 aliphatic rings. The van der Waals surface area contributed by atoms with E-state index in [1.54, 1.807) is 29.6 Å². The minimum atomic E-state index is -0.393. The number of para-hydroxylation sites is 1. The number of amides is 1. The number of fused-ring (bicyclic) bond motifs is 3. The van der Waals surface area contributed by atoms with Crippen LogP contribution in [0.15, 0.2) is 18.2 Å². The Morgan fingerprint density at radius 3 is 2.75 bits per heavy atom. The summed E-state index contributed by atoms with van der Waals surface area (Å²) < 4.78 is 1.67. The monoisotopic (exact) mass is 273 g/mol. The summed E-state index contributed by atoms with van der Waals surface area (Å²) in [6.45, 7) is 0.712. The van der Waals surface area contributed by atoms with Crippen molar-refractivity contribution in [1.29, 1.82) is 0 Å². The van der Waals surface area contributed by atoms with E-state index in [1.165, 1.54) is 6.07 Å². The standard InChI is InChI=1S/C14H15N3O3/c1-15-8-4-6-10-9-5-3-7-11(17(19)20)12(9)16(2)13(10)14(15)18/h3,5,7H,4,6,8H2,1-2H3. The first-order chi connectivity index (χ1) is 9.52. The lowest BCUT2D eigenvalue weighted by atomic mass is 10.1. The second kappa shape index (κ2) is 4.33. The molecule has 0 atom stereocenters. The van der Waals surface area contributed by atoms with Crippen LogP contribution in [-0.2, 0) is 13.5 Å². The van der Waals surface area contributed by atoms with Gasteiger partial charge in [0.25, 0.3) is 11.6 Å². The third-order valence-electron chi connectivity index (χ3n) is 3.96. The van der Waals surface area contributed by atoms with Crippen molar-refractivity contribution in [3.8, 4) is 0 Å². The summed E-state index contributed by atoms with van der Waals surface area (Å²) in [7, 11) is 3.49. The Labute approximate surface area is 115 Å². The fourth-order valence-corrected chi connectivity index (χ4v) is 3.02. The third kappa shape index (κ3) is 1.61. The van der Waals surface area contributed by atoms with E-state index in [4.69, 9.17) is 0 Å². The normalized spacial score (nSPS) is 15.3. The Morgan fingerprint density at radius 2 is 2.05 bits per heavy atom. The van der Waals surface area contributed by atoms with E-state index < -0.39 is 4.92 Å². The maximum absolute atomic E-state index is 12.4. The predicted molar refractivity (Wildman–Crippen MR) is 74.9 cm³/mol. The van der Waals surface area contributed by atoms with Crippen LogP contribution in [0.1, 0.15) is 22.5 Å². The number of carbonyl (C=O) groups is 1. The molecule has 0 saturated heterocycles. The van der Waals surface area contributed by atoms with Crippen molar-refractivity contribution in [3.05, 3.63) is 39.6 Å². The number of nitrogens with zero attached hydrogens (tertiary/aromatic N) is 3. The van der Waals surface area contributed by atoms with Gasteiger partial charge < -0.3 is 9.47 Å². The molecular weight excluding hydrogens is 258 g/mol. The smallest absolute Gasteiger partial charge is 0.293 e. The zero-order valence-electron chi connectivity index (χ0n) is 11.4. The van der Waals surface area contributed by atoms with Crippen LogP contribution in [0.25, 0.3) is 10.9 Å². The van der Waals surface area contributed by atoms with Gasteiger partial charge in [-0.2, -0.15) is 0 Å². The lowest BCUT2D eigenvalue weighted by Gasteiger charge is -2.14. The summed E-state index contributed by atoms with van der Waals surface area (Å²) >= 11 is 0. The number of hydrogen-bond acceptors (Lipinski definition) is 3. The molecule has 0 aliphatic carbocycles. The molecule has 6 nitrogen and oxygen atoms in total. The van der Waals surface area contributed by atoms with Crippen LogP contribution in [0.4, 0.5) is 5.69 Å². The number of nitro groups is 1. The van der Waals surface area contributed by atoms with Gasteiger partial charge in [0.15, 0.2) is 0 Å². The molecule has 0 radical (unpaired) electrons. The molecule has 3 rings (SSSR count). The van der Waals surface area contributed by atoms with Gasteiger partial charge in [0, 0.05) is 32.1 Å². The van der Waals surface area contributed by atoms with Crippen LogP contribution in [0.2, 0.25) is 0 Å². The van der Waals surface area contributed by atoms with Gasteiger partial charge in [-0.15, -0.1) is 0 Å². The lowest BCUT2D eigenvalue weighted by molar-refractivity contribution is -0.383. The zero-order chi connectivity index (χ0) is 14.4. The molecule has 20 heavy (non-hydrogen) atoms. The highest BCUT2D eigenvalue weighted by molar-refractivity contribution is 6.04. The summed E-state index contributed by atoms with van der Waals surface area (Å²) in [6, 6.07) is 5.02. The number of non-ortho nitro benzene ring substituents is 1.